The van der Waals surface area contributed by atoms with Crippen molar-refractivity contribution < 1.29 is 9.59 Å². The van der Waals surface area contributed by atoms with Crippen molar-refractivity contribution in [3.8, 4) is 0 Å². The van der Waals surface area contributed by atoms with Gasteiger partial charge in [0, 0.05) is 5.69 Å². The first-order chi connectivity index (χ1) is 8.68. The third-order valence-corrected chi connectivity index (χ3v) is 3.64. The average Bonchev–Trinajstić information content (AvgIpc) is 2.63. The van der Waals surface area contributed by atoms with E-state index in [1.807, 2.05) is 12.2 Å². The zero-order chi connectivity index (χ0) is 12.7. The van der Waals surface area contributed by atoms with Gasteiger partial charge in [-0.2, -0.15) is 0 Å². The molecule has 3 rings (SSSR count). The molecular weight excluding hydrogens is 228 g/mol. The Balaban J connectivity index is 1.99. The first-order valence-electron chi connectivity index (χ1n) is 6.07. The summed E-state index contributed by atoms with van der Waals surface area (Å²) in [4.78, 5) is 25.9. The fourth-order valence-electron chi connectivity index (χ4n) is 2.72. The molecule has 0 radical (unpaired) electrons. The Labute approximate surface area is 105 Å². The summed E-state index contributed by atoms with van der Waals surface area (Å²) in [5, 5.41) is 0. The van der Waals surface area contributed by atoms with E-state index >= 15 is 0 Å². The third-order valence-electron chi connectivity index (χ3n) is 3.64. The number of nitrogens with two attached hydrogens (primary N) is 1. The zero-order valence-electron chi connectivity index (χ0n) is 9.87. The number of rotatable bonds is 1. The fraction of sp³-hybridized carbons (Fsp3) is 0.286. The van der Waals surface area contributed by atoms with Crippen LogP contribution in [0.1, 0.15) is 12.8 Å². The second-order valence-corrected chi connectivity index (χ2v) is 4.76. The van der Waals surface area contributed by atoms with Gasteiger partial charge in [-0.05, 0) is 31.0 Å². The molecule has 0 saturated carbocycles. The maximum atomic E-state index is 12.3. The summed E-state index contributed by atoms with van der Waals surface area (Å²) in [5.74, 6) is -0.576. The maximum Gasteiger partial charge on any atom is 0.238 e. The van der Waals surface area contributed by atoms with E-state index < -0.39 is 0 Å². The molecule has 0 unspecified atom stereocenters. The van der Waals surface area contributed by atoms with Gasteiger partial charge in [0.1, 0.15) is 0 Å². The minimum absolute atomic E-state index is 0.0973. The lowest BCUT2D eigenvalue weighted by atomic mass is 9.85. The maximum absolute atomic E-state index is 12.3. The first-order valence-corrected chi connectivity index (χ1v) is 6.07. The van der Waals surface area contributed by atoms with Crippen LogP contribution in [0.3, 0.4) is 0 Å². The van der Waals surface area contributed by atoms with Crippen molar-refractivity contribution in [3.63, 3.8) is 0 Å². The molecule has 1 aliphatic carbocycles. The number of imide groups is 1. The summed E-state index contributed by atoms with van der Waals surface area (Å²) < 4.78 is 0. The summed E-state index contributed by atoms with van der Waals surface area (Å²) in [6.07, 6.45) is 5.28. The number of hydrogen-bond donors (Lipinski definition) is 1. The van der Waals surface area contributed by atoms with Gasteiger partial charge in [-0.25, -0.2) is 4.90 Å². The molecule has 4 nitrogen and oxygen atoms in total. The van der Waals surface area contributed by atoms with Gasteiger partial charge in [-0.15, -0.1) is 0 Å². The molecule has 1 aromatic carbocycles. The van der Waals surface area contributed by atoms with Gasteiger partial charge in [0.15, 0.2) is 0 Å². The predicted octanol–water partition coefficient (Wildman–Crippen LogP) is 1.72. The lowest BCUT2D eigenvalue weighted by Crippen LogP contribution is -2.30. The van der Waals surface area contributed by atoms with E-state index in [-0.39, 0.29) is 23.7 Å². The Bertz CT molecular complexity index is 524. The van der Waals surface area contributed by atoms with Crippen LogP contribution in [0.25, 0.3) is 0 Å². The van der Waals surface area contributed by atoms with Gasteiger partial charge in [0.25, 0.3) is 0 Å². The van der Waals surface area contributed by atoms with Crippen molar-refractivity contribution in [2.75, 3.05) is 10.6 Å². The number of anilines is 2. The van der Waals surface area contributed by atoms with E-state index in [1.54, 1.807) is 24.3 Å². The van der Waals surface area contributed by atoms with Crippen LogP contribution in [0, 0.1) is 11.8 Å². The van der Waals surface area contributed by atoms with E-state index in [9.17, 15) is 9.59 Å². The zero-order valence-corrected chi connectivity index (χ0v) is 9.87. The van der Waals surface area contributed by atoms with E-state index in [2.05, 4.69) is 0 Å². The molecule has 2 atom stereocenters. The van der Waals surface area contributed by atoms with Crippen LogP contribution in [0.15, 0.2) is 36.4 Å². The third kappa shape index (κ3) is 1.53. The summed E-state index contributed by atoms with van der Waals surface area (Å²) in [7, 11) is 0. The van der Waals surface area contributed by atoms with Gasteiger partial charge in [0.2, 0.25) is 11.8 Å². The number of benzene rings is 1. The second kappa shape index (κ2) is 3.98. The SMILES string of the molecule is Nc1cccc(N2C(=O)[C@H]3CC=CC[C@H]3C2=O)c1. The Kier molecular flexibility index (Phi) is 2.44. The number of hydrogen-bond acceptors (Lipinski definition) is 3. The quantitative estimate of drug-likeness (QED) is 0.463. The van der Waals surface area contributed by atoms with E-state index in [4.69, 9.17) is 5.73 Å². The number of fused-ring (bicyclic) bond motifs is 1. The molecule has 1 heterocycles. The number of nitrogen functional groups attached to an aromatic ring is 1. The number of nitrogens with zero attached hydrogens (tertiary/aromatic N) is 1. The molecule has 2 amide bonds. The van der Waals surface area contributed by atoms with E-state index in [0.29, 0.717) is 24.2 Å². The molecule has 1 fully saturated rings. The van der Waals surface area contributed by atoms with Gasteiger partial charge in [-0.3, -0.25) is 9.59 Å². The predicted molar refractivity (Wildman–Crippen MR) is 68.7 cm³/mol. The molecule has 1 aliphatic heterocycles. The molecular formula is C14H14N2O2. The van der Waals surface area contributed by atoms with Crippen molar-refractivity contribution in [2.45, 2.75) is 12.8 Å². The Morgan fingerprint density at radius 3 is 2.22 bits per heavy atom. The molecule has 2 aliphatic rings. The van der Waals surface area contributed by atoms with Gasteiger partial charge < -0.3 is 5.73 Å². The molecule has 2 N–H and O–H groups in total. The fourth-order valence-corrected chi connectivity index (χ4v) is 2.72. The van der Waals surface area contributed by atoms with Gasteiger partial charge >= 0.3 is 0 Å². The average molecular weight is 242 g/mol. The minimum Gasteiger partial charge on any atom is -0.399 e. The summed E-state index contributed by atoms with van der Waals surface area (Å²) >= 11 is 0. The van der Waals surface area contributed by atoms with Crippen molar-refractivity contribution in [1.29, 1.82) is 0 Å². The highest BCUT2D eigenvalue weighted by atomic mass is 16.2. The van der Waals surface area contributed by atoms with Gasteiger partial charge in [-0.1, -0.05) is 18.2 Å². The number of amides is 2. The van der Waals surface area contributed by atoms with Crippen molar-refractivity contribution in [2.24, 2.45) is 11.8 Å². The molecule has 1 saturated heterocycles. The Hall–Kier alpha value is -2.10. The molecule has 92 valence electrons. The summed E-state index contributed by atoms with van der Waals surface area (Å²) in [5.41, 5.74) is 6.84. The standard InChI is InChI=1S/C14H14N2O2/c15-9-4-3-5-10(8-9)16-13(17)11-6-1-2-7-12(11)14(16)18/h1-5,8,11-12H,6-7,15H2/t11-,12+. The van der Waals surface area contributed by atoms with E-state index in [0.717, 1.165) is 0 Å². The van der Waals surface area contributed by atoms with E-state index in [1.165, 1.54) is 4.90 Å². The lowest BCUT2D eigenvalue weighted by Gasteiger charge is -2.14. The summed E-state index contributed by atoms with van der Waals surface area (Å²) in [6, 6.07) is 6.91. The first kappa shape index (κ1) is 11.0. The summed E-state index contributed by atoms with van der Waals surface area (Å²) in [6.45, 7) is 0. The molecule has 0 bridgehead atoms. The van der Waals surface area contributed by atoms with Crippen LogP contribution in [0.4, 0.5) is 11.4 Å². The van der Waals surface area contributed by atoms with Crippen LogP contribution in [0.5, 0.6) is 0 Å². The van der Waals surface area contributed by atoms with Crippen LogP contribution < -0.4 is 10.6 Å². The number of allylic oxidation sites excluding steroid dienone is 2. The second-order valence-electron chi connectivity index (χ2n) is 4.76. The molecule has 0 spiro atoms. The Morgan fingerprint density at radius 2 is 1.67 bits per heavy atom. The molecule has 0 aromatic heterocycles. The van der Waals surface area contributed by atoms with Crippen LogP contribution in [-0.4, -0.2) is 11.8 Å². The molecule has 1 aromatic rings. The topological polar surface area (TPSA) is 63.4 Å². The highest BCUT2D eigenvalue weighted by Gasteiger charge is 2.47. The highest BCUT2D eigenvalue weighted by Crippen LogP contribution is 2.37. The monoisotopic (exact) mass is 242 g/mol. The van der Waals surface area contributed by atoms with Crippen LogP contribution in [-0.2, 0) is 9.59 Å². The lowest BCUT2D eigenvalue weighted by molar-refractivity contribution is -0.122. The normalized spacial score (nSPS) is 26.6. The Morgan fingerprint density at radius 1 is 1.06 bits per heavy atom. The van der Waals surface area contributed by atoms with Crippen LogP contribution in [0.2, 0.25) is 0 Å². The molecule has 18 heavy (non-hydrogen) atoms. The number of carbonyl (C=O) groups excluding carboxylic acids is 2. The van der Waals surface area contributed by atoms with Crippen molar-refractivity contribution >= 4 is 23.2 Å². The smallest absolute Gasteiger partial charge is 0.238 e. The van der Waals surface area contributed by atoms with Crippen molar-refractivity contribution in [1.82, 2.24) is 0 Å². The van der Waals surface area contributed by atoms with Gasteiger partial charge in [0.05, 0.1) is 17.5 Å². The minimum atomic E-state index is -0.191. The largest absolute Gasteiger partial charge is 0.399 e. The van der Waals surface area contributed by atoms with Crippen molar-refractivity contribution in [3.05, 3.63) is 36.4 Å². The highest BCUT2D eigenvalue weighted by molar-refractivity contribution is 6.22. The molecule has 4 heteroatoms. The van der Waals surface area contributed by atoms with Crippen LogP contribution >= 0.6 is 0 Å². The number of carbonyl (C=O) groups is 2.